The zero-order valence-corrected chi connectivity index (χ0v) is 7.98. The number of nitrogens with one attached hydrogen (secondary N) is 1. The Kier molecular flexibility index (Phi) is 2.81. The van der Waals surface area contributed by atoms with E-state index in [0.717, 1.165) is 0 Å². The molecule has 0 aliphatic rings. The molecule has 2 nitrogen and oxygen atoms in total. The largest absolute Gasteiger partial charge is 0.328 e. The van der Waals surface area contributed by atoms with E-state index < -0.39 is 0 Å². The number of rotatable bonds is 2. The highest BCUT2D eigenvalue weighted by molar-refractivity contribution is 9.10. The molecule has 0 unspecified atom stereocenters. The summed E-state index contributed by atoms with van der Waals surface area (Å²) < 4.78 is 13.4. The summed E-state index contributed by atoms with van der Waals surface area (Å²) in [6, 6.07) is 2.88. The number of carbonyl (C=O) groups is 1. The number of halogens is 2. The lowest BCUT2D eigenvalue weighted by molar-refractivity contribution is -0.105. The lowest BCUT2D eigenvalue weighted by Gasteiger charge is -2.04. The van der Waals surface area contributed by atoms with Crippen LogP contribution in [0.15, 0.2) is 16.6 Å². The topological polar surface area (TPSA) is 29.1 Å². The normalized spacial score (nSPS) is 9.58. The van der Waals surface area contributed by atoms with E-state index in [4.69, 9.17) is 0 Å². The zero-order chi connectivity index (χ0) is 9.14. The van der Waals surface area contributed by atoms with Crippen molar-refractivity contribution in [3.63, 3.8) is 0 Å². The summed E-state index contributed by atoms with van der Waals surface area (Å²) in [6.45, 7) is 1.64. The summed E-state index contributed by atoms with van der Waals surface area (Å²) in [5.74, 6) is -0.293. The van der Waals surface area contributed by atoms with Gasteiger partial charge in [-0.3, -0.25) is 4.79 Å². The van der Waals surface area contributed by atoms with Crippen LogP contribution in [0.3, 0.4) is 0 Å². The minimum atomic E-state index is -0.293. The summed E-state index contributed by atoms with van der Waals surface area (Å²) in [6.07, 6.45) is 0.553. The molecular weight excluding hydrogens is 225 g/mol. The van der Waals surface area contributed by atoms with Crippen molar-refractivity contribution in [2.75, 3.05) is 5.32 Å². The molecule has 0 atom stereocenters. The molecular formula is C8H7BrFNO. The Balaban J connectivity index is 3.13. The van der Waals surface area contributed by atoms with Crippen molar-refractivity contribution in [2.24, 2.45) is 0 Å². The number of benzene rings is 1. The van der Waals surface area contributed by atoms with Crippen LogP contribution in [0.4, 0.5) is 10.1 Å². The predicted molar refractivity (Wildman–Crippen MR) is 48.5 cm³/mol. The molecule has 1 aromatic rings. The average Bonchev–Trinajstić information content (AvgIpc) is 2.01. The van der Waals surface area contributed by atoms with E-state index in [1.807, 2.05) is 0 Å². The van der Waals surface area contributed by atoms with Crippen LogP contribution in [0.5, 0.6) is 0 Å². The van der Waals surface area contributed by atoms with Crippen molar-refractivity contribution >= 4 is 28.0 Å². The third kappa shape index (κ3) is 1.82. The van der Waals surface area contributed by atoms with Crippen molar-refractivity contribution in [3.05, 3.63) is 28.0 Å². The molecule has 4 heteroatoms. The Morgan fingerprint density at radius 1 is 1.58 bits per heavy atom. The van der Waals surface area contributed by atoms with Crippen LogP contribution in [0.25, 0.3) is 0 Å². The maximum absolute atomic E-state index is 12.9. The van der Waals surface area contributed by atoms with Crippen molar-refractivity contribution < 1.29 is 9.18 Å². The van der Waals surface area contributed by atoms with Gasteiger partial charge in [0.05, 0.1) is 5.69 Å². The number of hydrogen-bond acceptors (Lipinski definition) is 1. The van der Waals surface area contributed by atoms with E-state index in [0.29, 0.717) is 22.1 Å². The first kappa shape index (κ1) is 9.19. The van der Waals surface area contributed by atoms with Gasteiger partial charge in [0.2, 0.25) is 6.41 Å². The third-order valence-corrected chi connectivity index (χ3v) is 2.12. The third-order valence-electron chi connectivity index (χ3n) is 1.46. The molecule has 12 heavy (non-hydrogen) atoms. The number of amides is 1. The first-order valence-corrected chi connectivity index (χ1v) is 4.10. The molecule has 64 valence electrons. The van der Waals surface area contributed by atoms with Crippen LogP contribution in [-0.4, -0.2) is 6.41 Å². The first-order chi connectivity index (χ1) is 5.65. The molecule has 0 fully saturated rings. The lowest BCUT2D eigenvalue weighted by atomic mass is 10.2. The van der Waals surface area contributed by atoms with Crippen LogP contribution >= 0.6 is 15.9 Å². The second kappa shape index (κ2) is 3.67. The van der Waals surface area contributed by atoms with Gasteiger partial charge < -0.3 is 5.32 Å². The van der Waals surface area contributed by atoms with E-state index >= 15 is 0 Å². The second-order valence-electron chi connectivity index (χ2n) is 2.34. The molecule has 0 heterocycles. The maximum Gasteiger partial charge on any atom is 0.211 e. The summed E-state index contributed by atoms with van der Waals surface area (Å²) in [5.41, 5.74) is 1.08. The minimum absolute atomic E-state index is 0.293. The summed E-state index contributed by atoms with van der Waals surface area (Å²) in [4.78, 5) is 10.1. The fraction of sp³-hybridized carbons (Fsp3) is 0.125. The van der Waals surface area contributed by atoms with Gasteiger partial charge >= 0.3 is 0 Å². The number of anilines is 1. The quantitative estimate of drug-likeness (QED) is 0.779. The molecule has 0 saturated heterocycles. The molecule has 1 aromatic carbocycles. The Labute approximate surface area is 77.9 Å². The van der Waals surface area contributed by atoms with Crippen LogP contribution in [0.1, 0.15) is 5.56 Å². The zero-order valence-electron chi connectivity index (χ0n) is 6.40. The van der Waals surface area contributed by atoms with E-state index in [1.54, 1.807) is 13.0 Å². The molecule has 1 rings (SSSR count). The molecule has 0 spiro atoms. The van der Waals surface area contributed by atoms with Crippen molar-refractivity contribution in [3.8, 4) is 0 Å². The lowest BCUT2D eigenvalue weighted by Crippen LogP contribution is -1.96. The fourth-order valence-electron chi connectivity index (χ4n) is 0.831. The highest BCUT2D eigenvalue weighted by Crippen LogP contribution is 2.24. The molecule has 1 amide bonds. The smallest absolute Gasteiger partial charge is 0.211 e. The molecule has 0 aromatic heterocycles. The average molecular weight is 232 g/mol. The van der Waals surface area contributed by atoms with E-state index in [1.165, 1.54) is 6.07 Å². The van der Waals surface area contributed by atoms with Gasteiger partial charge in [0.1, 0.15) is 5.82 Å². The molecule has 0 bridgehead atoms. The SMILES string of the molecule is Cc1cc(NC=O)c(Br)cc1F. The first-order valence-electron chi connectivity index (χ1n) is 3.31. The van der Waals surface area contributed by atoms with Gasteiger partial charge in [-0.05, 0) is 40.5 Å². The van der Waals surface area contributed by atoms with Crippen molar-refractivity contribution in [1.82, 2.24) is 0 Å². The molecule has 0 saturated carbocycles. The van der Waals surface area contributed by atoms with E-state index in [9.17, 15) is 9.18 Å². The number of aryl methyl sites for hydroxylation is 1. The molecule has 1 N–H and O–H groups in total. The van der Waals surface area contributed by atoms with Crippen LogP contribution in [0.2, 0.25) is 0 Å². The van der Waals surface area contributed by atoms with Gasteiger partial charge in [-0.25, -0.2) is 4.39 Å². The van der Waals surface area contributed by atoms with Gasteiger partial charge in [0.25, 0.3) is 0 Å². The maximum atomic E-state index is 12.9. The summed E-state index contributed by atoms with van der Waals surface area (Å²) >= 11 is 3.12. The molecule has 0 radical (unpaired) electrons. The second-order valence-corrected chi connectivity index (χ2v) is 3.20. The van der Waals surface area contributed by atoms with Gasteiger partial charge in [-0.2, -0.15) is 0 Å². The van der Waals surface area contributed by atoms with Crippen LogP contribution in [-0.2, 0) is 4.79 Å². The Morgan fingerprint density at radius 2 is 2.25 bits per heavy atom. The van der Waals surface area contributed by atoms with Crippen molar-refractivity contribution in [2.45, 2.75) is 6.92 Å². The van der Waals surface area contributed by atoms with Crippen LogP contribution in [0, 0.1) is 12.7 Å². The van der Waals surface area contributed by atoms with E-state index in [-0.39, 0.29) is 5.82 Å². The van der Waals surface area contributed by atoms with Gasteiger partial charge in [-0.15, -0.1) is 0 Å². The summed E-state index contributed by atoms with van der Waals surface area (Å²) in [7, 11) is 0. The summed E-state index contributed by atoms with van der Waals surface area (Å²) in [5, 5.41) is 2.45. The number of carbonyl (C=O) groups excluding carboxylic acids is 1. The standard InChI is InChI=1S/C8H7BrFNO/c1-5-2-8(11-4-12)6(9)3-7(5)10/h2-4H,1H3,(H,11,12). The number of hydrogen-bond donors (Lipinski definition) is 1. The minimum Gasteiger partial charge on any atom is -0.328 e. The Morgan fingerprint density at radius 3 is 2.83 bits per heavy atom. The van der Waals surface area contributed by atoms with Gasteiger partial charge in [-0.1, -0.05) is 0 Å². The fourth-order valence-corrected chi connectivity index (χ4v) is 1.26. The van der Waals surface area contributed by atoms with Crippen LogP contribution < -0.4 is 5.32 Å². The monoisotopic (exact) mass is 231 g/mol. The van der Waals surface area contributed by atoms with Crippen molar-refractivity contribution in [1.29, 1.82) is 0 Å². The van der Waals surface area contributed by atoms with Gasteiger partial charge in [0, 0.05) is 4.47 Å². The molecule has 0 aliphatic carbocycles. The van der Waals surface area contributed by atoms with Gasteiger partial charge in [0.15, 0.2) is 0 Å². The highest BCUT2D eigenvalue weighted by Gasteiger charge is 2.03. The highest BCUT2D eigenvalue weighted by atomic mass is 79.9. The molecule has 0 aliphatic heterocycles. The van der Waals surface area contributed by atoms with E-state index in [2.05, 4.69) is 21.2 Å². The predicted octanol–water partition coefficient (Wildman–Crippen LogP) is 2.46. The Bertz CT molecular complexity index is 314. The Hall–Kier alpha value is -0.900.